The van der Waals surface area contributed by atoms with E-state index >= 15 is 0 Å². The summed E-state index contributed by atoms with van der Waals surface area (Å²) in [7, 11) is 0. The Balaban J connectivity index is 4.04. The van der Waals surface area contributed by atoms with Gasteiger partial charge in [-0.2, -0.15) is 0 Å². The number of hydrogen-bond donors (Lipinski definition) is 2. The monoisotopic (exact) mass is 136 g/mol. The van der Waals surface area contributed by atoms with Gasteiger partial charge in [0.25, 0.3) is 0 Å². The van der Waals surface area contributed by atoms with E-state index in [4.69, 9.17) is 10.8 Å². The Morgan fingerprint density at radius 2 is 1.20 bits per heavy atom. The molecule has 0 heterocycles. The minimum atomic E-state index is -0.579. The SMILES string of the molecule is N=c1c(=O)ccc(=O)c1=N. The first-order valence-corrected chi connectivity index (χ1v) is 2.57. The van der Waals surface area contributed by atoms with E-state index in [0.29, 0.717) is 0 Å². The first kappa shape index (κ1) is 6.54. The highest BCUT2D eigenvalue weighted by molar-refractivity contribution is 4.99. The van der Waals surface area contributed by atoms with Gasteiger partial charge >= 0.3 is 0 Å². The van der Waals surface area contributed by atoms with E-state index in [1.165, 1.54) is 0 Å². The zero-order valence-corrected chi connectivity index (χ0v) is 4.97. The molecular weight excluding hydrogens is 132 g/mol. The van der Waals surface area contributed by atoms with Gasteiger partial charge in [-0.15, -0.1) is 0 Å². The Hall–Kier alpha value is -1.58. The van der Waals surface area contributed by atoms with Gasteiger partial charge < -0.3 is 0 Å². The topological polar surface area (TPSA) is 81.8 Å². The van der Waals surface area contributed by atoms with E-state index in [1.807, 2.05) is 0 Å². The maximum Gasteiger partial charge on any atom is 0.205 e. The van der Waals surface area contributed by atoms with E-state index in [9.17, 15) is 9.59 Å². The molecule has 0 radical (unpaired) electrons. The molecule has 0 amide bonds. The van der Waals surface area contributed by atoms with Gasteiger partial charge in [-0.05, 0) is 12.1 Å². The van der Waals surface area contributed by atoms with Crippen LogP contribution in [0.3, 0.4) is 0 Å². The van der Waals surface area contributed by atoms with Gasteiger partial charge in [0.2, 0.25) is 10.9 Å². The highest BCUT2D eigenvalue weighted by atomic mass is 16.1. The molecule has 1 rings (SSSR count). The van der Waals surface area contributed by atoms with Crippen LogP contribution < -0.4 is 21.6 Å². The standard InChI is InChI=1S/C6H4N2O2/c7-5-3(9)1-2-4(10)6(5)8/h1-2,7-8H. The van der Waals surface area contributed by atoms with E-state index in [0.717, 1.165) is 12.1 Å². The third-order valence-electron chi connectivity index (χ3n) is 1.13. The van der Waals surface area contributed by atoms with Crippen LogP contribution in [0, 0.1) is 10.8 Å². The van der Waals surface area contributed by atoms with Crippen molar-refractivity contribution in [2.75, 3.05) is 0 Å². The second-order valence-electron chi connectivity index (χ2n) is 1.81. The van der Waals surface area contributed by atoms with Crippen LogP contribution in [-0.2, 0) is 0 Å². The van der Waals surface area contributed by atoms with Gasteiger partial charge in [0, 0.05) is 0 Å². The molecule has 0 aliphatic rings. The maximum atomic E-state index is 10.5. The molecule has 4 heteroatoms. The van der Waals surface area contributed by atoms with E-state index < -0.39 is 21.6 Å². The second kappa shape index (κ2) is 1.98. The fraction of sp³-hybridized carbons (Fsp3) is 0. The number of benzene rings is 1. The molecule has 10 heavy (non-hydrogen) atoms. The third kappa shape index (κ3) is 0.793. The van der Waals surface area contributed by atoms with E-state index in [-0.39, 0.29) is 0 Å². The predicted octanol–water partition coefficient (Wildman–Crippen LogP) is -1.76. The van der Waals surface area contributed by atoms with Gasteiger partial charge in [0.1, 0.15) is 10.7 Å². The summed E-state index contributed by atoms with van der Waals surface area (Å²) in [5.41, 5.74) is -1.16. The molecule has 0 unspecified atom stereocenters. The average molecular weight is 136 g/mol. The maximum absolute atomic E-state index is 10.5. The Labute approximate surface area is 55.1 Å². The van der Waals surface area contributed by atoms with Gasteiger partial charge in [0.05, 0.1) is 0 Å². The summed E-state index contributed by atoms with van der Waals surface area (Å²) in [6.07, 6.45) is 0. The van der Waals surface area contributed by atoms with Gasteiger partial charge in [0.15, 0.2) is 0 Å². The Morgan fingerprint density at radius 3 is 1.50 bits per heavy atom. The van der Waals surface area contributed by atoms with Crippen LogP contribution in [0.25, 0.3) is 0 Å². The molecule has 0 aromatic heterocycles. The highest BCUT2D eigenvalue weighted by Gasteiger charge is 1.93. The quantitative estimate of drug-likeness (QED) is 0.443. The average Bonchev–Trinajstić information content (AvgIpc) is 1.93. The van der Waals surface area contributed by atoms with Crippen molar-refractivity contribution in [2.24, 2.45) is 0 Å². The van der Waals surface area contributed by atoms with Crippen molar-refractivity contribution < 1.29 is 0 Å². The molecule has 4 nitrogen and oxygen atoms in total. The van der Waals surface area contributed by atoms with Gasteiger partial charge in [-0.3, -0.25) is 20.4 Å². The van der Waals surface area contributed by atoms with Crippen LogP contribution in [-0.4, -0.2) is 0 Å². The molecule has 0 atom stereocenters. The molecule has 1 aromatic carbocycles. The molecule has 0 saturated carbocycles. The summed E-state index contributed by atoms with van der Waals surface area (Å²) in [4.78, 5) is 21.1. The molecule has 0 bridgehead atoms. The molecular formula is C6H4N2O2. The van der Waals surface area contributed by atoms with Crippen molar-refractivity contribution >= 4 is 0 Å². The third-order valence-corrected chi connectivity index (χ3v) is 1.13. The molecule has 0 saturated heterocycles. The van der Waals surface area contributed by atoms with Crippen LogP contribution in [0.1, 0.15) is 0 Å². The second-order valence-corrected chi connectivity index (χ2v) is 1.81. The lowest BCUT2D eigenvalue weighted by Crippen LogP contribution is -2.45. The van der Waals surface area contributed by atoms with Crippen LogP contribution in [0.5, 0.6) is 0 Å². The predicted molar refractivity (Wildman–Crippen MR) is 33.1 cm³/mol. The summed E-state index contributed by atoms with van der Waals surface area (Å²) in [5, 5.41) is 12.7. The smallest absolute Gasteiger partial charge is 0.205 e. The van der Waals surface area contributed by atoms with Crippen LogP contribution >= 0.6 is 0 Å². The highest BCUT2D eigenvalue weighted by Crippen LogP contribution is 1.48. The first-order valence-electron chi connectivity index (χ1n) is 2.57. The molecule has 0 aliphatic heterocycles. The molecule has 1 aromatic rings. The number of nitrogens with one attached hydrogen (secondary N) is 2. The van der Waals surface area contributed by atoms with Crippen LogP contribution in [0.4, 0.5) is 0 Å². The summed E-state index contributed by atoms with van der Waals surface area (Å²) in [6.45, 7) is 0. The summed E-state index contributed by atoms with van der Waals surface area (Å²) >= 11 is 0. The normalized spacial score (nSPS) is 9.60. The van der Waals surface area contributed by atoms with Gasteiger partial charge in [-0.1, -0.05) is 0 Å². The van der Waals surface area contributed by atoms with Crippen molar-refractivity contribution in [3.8, 4) is 0 Å². The fourth-order valence-electron chi connectivity index (χ4n) is 0.564. The molecule has 50 valence electrons. The summed E-state index contributed by atoms with van der Waals surface area (Å²) in [5.74, 6) is 0. The lowest BCUT2D eigenvalue weighted by molar-refractivity contribution is 1.08. The number of hydrogen-bond acceptors (Lipinski definition) is 4. The van der Waals surface area contributed by atoms with Crippen LogP contribution in [0.2, 0.25) is 0 Å². The molecule has 0 aliphatic carbocycles. The Kier molecular flexibility index (Phi) is 1.30. The Morgan fingerprint density at radius 1 is 0.900 bits per heavy atom. The minimum absolute atomic E-state index is 0.521. The molecule has 2 N–H and O–H groups in total. The minimum Gasteiger partial charge on any atom is -0.295 e. The lowest BCUT2D eigenvalue weighted by Gasteiger charge is -1.76. The van der Waals surface area contributed by atoms with Crippen molar-refractivity contribution in [2.45, 2.75) is 0 Å². The van der Waals surface area contributed by atoms with Crippen molar-refractivity contribution in [1.82, 2.24) is 0 Å². The first-order chi connectivity index (χ1) is 4.63. The van der Waals surface area contributed by atoms with Crippen molar-refractivity contribution in [3.63, 3.8) is 0 Å². The summed E-state index contributed by atoms with van der Waals surface area (Å²) < 4.78 is 0. The zero-order chi connectivity index (χ0) is 7.72. The molecule has 0 fully saturated rings. The molecule has 0 spiro atoms. The Bertz CT molecular complexity index is 397. The van der Waals surface area contributed by atoms with E-state index in [2.05, 4.69) is 0 Å². The van der Waals surface area contributed by atoms with Gasteiger partial charge in [-0.25, -0.2) is 0 Å². The zero-order valence-electron chi connectivity index (χ0n) is 4.97. The largest absolute Gasteiger partial charge is 0.295 e. The van der Waals surface area contributed by atoms with Crippen LogP contribution in [0.15, 0.2) is 21.7 Å². The number of rotatable bonds is 0. The van der Waals surface area contributed by atoms with Crippen molar-refractivity contribution in [1.29, 1.82) is 10.8 Å². The lowest BCUT2D eigenvalue weighted by atomic mass is 10.3. The van der Waals surface area contributed by atoms with Crippen molar-refractivity contribution in [3.05, 3.63) is 43.3 Å². The van der Waals surface area contributed by atoms with E-state index in [1.54, 1.807) is 0 Å². The summed E-state index contributed by atoms with van der Waals surface area (Å²) in [6, 6.07) is 2.01. The fourth-order valence-corrected chi connectivity index (χ4v) is 0.564.